The molecule has 0 radical (unpaired) electrons. The molecule has 1 aliphatic heterocycles. The third-order valence-corrected chi connectivity index (χ3v) is 3.03. The highest BCUT2D eigenvalue weighted by Crippen LogP contribution is 2.18. The zero-order valence-electron chi connectivity index (χ0n) is 9.76. The molecule has 2 aromatic heterocycles. The maximum absolute atomic E-state index is 11.2. The van der Waals surface area contributed by atoms with Crippen LogP contribution in [0.1, 0.15) is 6.42 Å². The monoisotopic (exact) mass is 246 g/mol. The molecule has 1 fully saturated rings. The fraction of sp³-hybridized carbons (Fsp3) is 0.364. The Morgan fingerprint density at radius 1 is 1.50 bits per heavy atom. The molecular weight excluding hydrogens is 232 g/mol. The summed E-state index contributed by atoms with van der Waals surface area (Å²) in [4.78, 5) is 20.2. The van der Waals surface area contributed by atoms with E-state index in [1.165, 1.54) is 6.07 Å². The van der Waals surface area contributed by atoms with Crippen molar-refractivity contribution in [2.45, 2.75) is 12.5 Å². The standard InChI is InChI=1S/C11H14N6O/c12-8-2-4-17(6-8)11-14-10(15-16-11)7-1-3-13-9(18)5-7/h1,3,5,8H,2,4,6,12H2,(H,13,18)(H,14,15,16). The van der Waals surface area contributed by atoms with E-state index in [9.17, 15) is 4.79 Å². The maximum atomic E-state index is 11.2. The van der Waals surface area contributed by atoms with Gasteiger partial charge in [-0.05, 0) is 12.5 Å². The molecule has 3 rings (SSSR count). The highest BCUT2D eigenvalue weighted by Gasteiger charge is 2.22. The lowest BCUT2D eigenvalue weighted by Gasteiger charge is -2.11. The second-order valence-electron chi connectivity index (χ2n) is 4.42. The molecular formula is C11H14N6O. The van der Waals surface area contributed by atoms with Gasteiger partial charge in [0.05, 0.1) is 0 Å². The lowest BCUT2D eigenvalue weighted by Crippen LogP contribution is -2.26. The Kier molecular flexibility index (Phi) is 2.60. The van der Waals surface area contributed by atoms with E-state index in [1.807, 2.05) is 4.90 Å². The van der Waals surface area contributed by atoms with Crippen molar-refractivity contribution < 1.29 is 0 Å². The number of H-pyrrole nitrogens is 2. The van der Waals surface area contributed by atoms with Crippen LogP contribution in [0.2, 0.25) is 0 Å². The summed E-state index contributed by atoms with van der Waals surface area (Å²) in [7, 11) is 0. The van der Waals surface area contributed by atoms with Gasteiger partial charge in [0.15, 0.2) is 5.82 Å². The van der Waals surface area contributed by atoms with Crippen LogP contribution in [0.25, 0.3) is 11.4 Å². The first-order valence-corrected chi connectivity index (χ1v) is 5.84. The minimum Gasteiger partial charge on any atom is -0.338 e. The average Bonchev–Trinajstić information content (AvgIpc) is 2.97. The Labute approximate surface area is 103 Å². The van der Waals surface area contributed by atoms with Gasteiger partial charge in [-0.15, -0.1) is 5.10 Å². The fourth-order valence-electron chi connectivity index (χ4n) is 2.08. The molecule has 0 bridgehead atoms. The summed E-state index contributed by atoms with van der Waals surface area (Å²) in [6, 6.07) is 3.45. The van der Waals surface area contributed by atoms with E-state index < -0.39 is 0 Å². The molecule has 1 atom stereocenters. The van der Waals surface area contributed by atoms with E-state index in [0.29, 0.717) is 11.8 Å². The summed E-state index contributed by atoms with van der Waals surface area (Å²) < 4.78 is 0. The van der Waals surface area contributed by atoms with E-state index in [-0.39, 0.29) is 11.6 Å². The lowest BCUT2D eigenvalue weighted by molar-refractivity contribution is 0.750. The van der Waals surface area contributed by atoms with Gasteiger partial charge in [0.1, 0.15) is 0 Å². The van der Waals surface area contributed by atoms with Crippen molar-refractivity contribution in [3.8, 4) is 11.4 Å². The summed E-state index contributed by atoms with van der Waals surface area (Å²) >= 11 is 0. The van der Waals surface area contributed by atoms with Crippen LogP contribution in [0, 0.1) is 0 Å². The molecule has 2 aromatic rings. The molecule has 4 N–H and O–H groups in total. The number of anilines is 1. The first kappa shape index (κ1) is 11.0. The topological polar surface area (TPSA) is 104 Å². The second-order valence-corrected chi connectivity index (χ2v) is 4.42. The Balaban J connectivity index is 1.87. The zero-order chi connectivity index (χ0) is 12.5. The third-order valence-electron chi connectivity index (χ3n) is 3.03. The van der Waals surface area contributed by atoms with Gasteiger partial charge < -0.3 is 15.6 Å². The van der Waals surface area contributed by atoms with E-state index in [2.05, 4.69) is 20.2 Å². The van der Waals surface area contributed by atoms with Crippen LogP contribution in [-0.2, 0) is 0 Å². The van der Waals surface area contributed by atoms with Crippen LogP contribution in [0.4, 0.5) is 5.95 Å². The highest BCUT2D eigenvalue weighted by atomic mass is 16.1. The minimum atomic E-state index is -0.159. The quantitative estimate of drug-likeness (QED) is 0.674. The molecule has 1 saturated heterocycles. The number of aromatic nitrogens is 4. The van der Waals surface area contributed by atoms with Crippen LogP contribution in [0.15, 0.2) is 23.1 Å². The number of nitrogens with one attached hydrogen (secondary N) is 2. The maximum Gasteiger partial charge on any atom is 0.248 e. The molecule has 7 heteroatoms. The first-order valence-electron chi connectivity index (χ1n) is 5.84. The number of hydrogen-bond donors (Lipinski definition) is 3. The predicted octanol–water partition coefficient (Wildman–Crippen LogP) is -0.303. The Morgan fingerprint density at radius 2 is 2.39 bits per heavy atom. The molecule has 0 saturated carbocycles. The van der Waals surface area contributed by atoms with Gasteiger partial charge in [0.2, 0.25) is 11.5 Å². The van der Waals surface area contributed by atoms with Gasteiger partial charge in [-0.1, -0.05) is 0 Å². The normalized spacial score (nSPS) is 19.4. The van der Waals surface area contributed by atoms with Gasteiger partial charge >= 0.3 is 0 Å². The molecule has 0 aliphatic carbocycles. The molecule has 7 nitrogen and oxygen atoms in total. The average molecular weight is 246 g/mol. The molecule has 18 heavy (non-hydrogen) atoms. The number of nitrogens with zero attached hydrogens (tertiary/aromatic N) is 3. The van der Waals surface area contributed by atoms with Gasteiger partial charge in [-0.25, -0.2) is 0 Å². The zero-order valence-corrected chi connectivity index (χ0v) is 9.76. The minimum absolute atomic E-state index is 0.159. The number of nitrogens with two attached hydrogens (primary N) is 1. The molecule has 0 amide bonds. The van der Waals surface area contributed by atoms with Gasteiger partial charge in [0.25, 0.3) is 0 Å². The largest absolute Gasteiger partial charge is 0.338 e. The molecule has 1 aliphatic rings. The van der Waals surface area contributed by atoms with Crippen molar-refractivity contribution >= 4 is 5.95 Å². The Morgan fingerprint density at radius 3 is 3.11 bits per heavy atom. The second kappa shape index (κ2) is 4.26. The molecule has 0 spiro atoms. The van der Waals surface area contributed by atoms with Crippen molar-refractivity contribution in [1.82, 2.24) is 20.2 Å². The van der Waals surface area contributed by atoms with Crippen LogP contribution >= 0.6 is 0 Å². The van der Waals surface area contributed by atoms with Crippen LogP contribution in [0.3, 0.4) is 0 Å². The van der Waals surface area contributed by atoms with E-state index in [1.54, 1.807) is 12.3 Å². The summed E-state index contributed by atoms with van der Waals surface area (Å²) in [6.07, 6.45) is 2.54. The summed E-state index contributed by atoms with van der Waals surface area (Å²) in [5, 5.41) is 7.01. The molecule has 1 unspecified atom stereocenters. The van der Waals surface area contributed by atoms with Crippen molar-refractivity contribution in [3.63, 3.8) is 0 Å². The van der Waals surface area contributed by atoms with Crippen LogP contribution in [-0.4, -0.2) is 39.3 Å². The van der Waals surface area contributed by atoms with Crippen molar-refractivity contribution in [3.05, 3.63) is 28.7 Å². The summed E-state index contributed by atoms with van der Waals surface area (Å²) in [5.74, 6) is 1.23. The van der Waals surface area contributed by atoms with Crippen molar-refractivity contribution in [2.24, 2.45) is 5.73 Å². The Bertz CT molecular complexity index is 603. The van der Waals surface area contributed by atoms with Crippen molar-refractivity contribution in [1.29, 1.82) is 0 Å². The number of hydrogen-bond acceptors (Lipinski definition) is 5. The molecule has 3 heterocycles. The summed E-state index contributed by atoms with van der Waals surface area (Å²) in [6.45, 7) is 1.64. The number of rotatable bonds is 2. The number of pyridine rings is 1. The van der Waals surface area contributed by atoms with Crippen molar-refractivity contribution in [2.75, 3.05) is 18.0 Å². The van der Waals surface area contributed by atoms with Gasteiger partial charge in [-0.2, -0.15) is 4.98 Å². The third kappa shape index (κ3) is 2.00. The van der Waals surface area contributed by atoms with Gasteiger partial charge in [0, 0.05) is 37.0 Å². The Hall–Kier alpha value is -2.15. The summed E-state index contributed by atoms with van der Waals surface area (Å²) in [5.41, 5.74) is 6.41. The van der Waals surface area contributed by atoms with E-state index in [0.717, 1.165) is 25.1 Å². The number of aromatic amines is 2. The first-order chi connectivity index (χ1) is 8.72. The van der Waals surface area contributed by atoms with E-state index >= 15 is 0 Å². The SMILES string of the molecule is NC1CCN(c2n[nH]c(-c3cc[nH]c(=O)c3)n2)C1. The van der Waals surface area contributed by atoms with Gasteiger partial charge in [-0.3, -0.25) is 9.89 Å². The van der Waals surface area contributed by atoms with Crippen LogP contribution in [0.5, 0.6) is 0 Å². The van der Waals surface area contributed by atoms with Crippen LogP contribution < -0.4 is 16.2 Å². The smallest absolute Gasteiger partial charge is 0.248 e. The highest BCUT2D eigenvalue weighted by molar-refractivity contribution is 5.55. The van der Waals surface area contributed by atoms with E-state index in [4.69, 9.17) is 5.73 Å². The predicted molar refractivity (Wildman–Crippen MR) is 67.2 cm³/mol. The molecule has 0 aromatic carbocycles. The molecule has 94 valence electrons. The fourth-order valence-corrected chi connectivity index (χ4v) is 2.08. The lowest BCUT2D eigenvalue weighted by atomic mass is 10.2.